The van der Waals surface area contributed by atoms with Gasteiger partial charge in [-0.3, -0.25) is 9.59 Å². The van der Waals surface area contributed by atoms with Crippen molar-refractivity contribution in [1.29, 1.82) is 0 Å². The maximum absolute atomic E-state index is 12.0. The first kappa shape index (κ1) is 12.8. The number of benzene rings is 2. The maximum Gasteiger partial charge on any atom is 0.233 e. The summed E-state index contributed by atoms with van der Waals surface area (Å²) in [6, 6.07) is 12.6. The molecule has 0 radical (unpaired) electrons. The van der Waals surface area contributed by atoms with Gasteiger partial charge in [-0.1, -0.05) is 47.5 Å². The van der Waals surface area contributed by atoms with Crippen molar-refractivity contribution in [2.24, 2.45) is 0 Å². The third kappa shape index (κ3) is 2.78. The second-order valence-electron chi connectivity index (χ2n) is 3.68. The van der Waals surface area contributed by atoms with Crippen LogP contribution in [-0.2, 0) is 0 Å². The van der Waals surface area contributed by atoms with Crippen molar-refractivity contribution in [1.82, 2.24) is 0 Å². The molecule has 0 aromatic heterocycles. The van der Waals surface area contributed by atoms with Gasteiger partial charge >= 0.3 is 0 Å². The van der Waals surface area contributed by atoms with E-state index in [9.17, 15) is 9.59 Å². The van der Waals surface area contributed by atoms with Crippen LogP contribution in [0.5, 0.6) is 0 Å². The largest absolute Gasteiger partial charge is 0.285 e. The van der Waals surface area contributed by atoms with Gasteiger partial charge in [-0.2, -0.15) is 0 Å². The Morgan fingerprint density at radius 3 is 1.44 bits per heavy atom. The van der Waals surface area contributed by atoms with Gasteiger partial charge in [0.05, 0.1) is 0 Å². The normalized spacial score (nSPS) is 10.1. The van der Waals surface area contributed by atoms with E-state index in [2.05, 4.69) is 0 Å². The first-order valence-electron chi connectivity index (χ1n) is 5.18. The predicted molar refractivity (Wildman–Crippen MR) is 71.6 cm³/mol. The van der Waals surface area contributed by atoms with Crippen LogP contribution in [0.4, 0.5) is 0 Å². The number of hydrogen-bond acceptors (Lipinski definition) is 2. The Morgan fingerprint density at radius 1 is 0.722 bits per heavy atom. The molecule has 18 heavy (non-hydrogen) atoms. The van der Waals surface area contributed by atoms with Gasteiger partial charge in [0.2, 0.25) is 11.6 Å². The van der Waals surface area contributed by atoms with Crippen molar-refractivity contribution in [3.05, 3.63) is 69.7 Å². The molecule has 2 aromatic carbocycles. The summed E-state index contributed by atoms with van der Waals surface area (Å²) < 4.78 is 0. The summed E-state index contributed by atoms with van der Waals surface area (Å²) in [6.07, 6.45) is 0. The van der Waals surface area contributed by atoms with Gasteiger partial charge in [0.1, 0.15) is 0 Å². The van der Waals surface area contributed by atoms with Crippen molar-refractivity contribution in [2.75, 3.05) is 0 Å². The van der Waals surface area contributed by atoms with Crippen molar-refractivity contribution >= 4 is 34.8 Å². The molecule has 0 unspecified atom stereocenters. The molecular formula is C14H8Cl2O2. The standard InChI is InChI=1S/C14H8Cl2O2/c15-11-5-1-3-9(7-11)13(17)14(18)10-4-2-6-12(16)8-10/h1-8H. The fraction of sp³-hybridized carbons (Fsp3) is 0. The Balaban J connectivity index is 2.32. The molecular weight excluding hydrogens is 271 g/mol. The smallest absolute Gasteiger partial charge is 0.233 e. The van der Waals surface area contributed by atoms with Gasteiger partial charge in [-0.05, 0) is 24.3 Å². The van der Waals surface area contributed by atoms with Crippen molar-refractivity contribution in [3.63, 3.8) is 0 Å². The van der Waals surface area contributed by atoms with Crippen LogP contribution in [-0.4, -0.2) is 11.6 Å². The lowest BCUT2D eigenvalue weighted by atomic mass is 10.0. The zero-order chi connectivity index (χ0) is 13.1. The summed E-state index contributed by atoms with van der Waals surface area (Å²) in [5, 5.41) is 0.833. The average molecular weight is 279 g/mol. The number of carbonyl (C=O) groups excluding carboxylic acids is 2. The van der Waals surface area contributed by atoms with Crippen LogP contribution in [0.25, 0.3) is 0 Å². The highest BCUT2D eigenvalue weighted by Gasteiger charge is 2.18. The molecule has 0 N–H and O–H groups in total. The van der Waals surface area contributed by atoms with Crippen LogP contribution < -0.4 is 0 Å². The van der Waals surface area contributed by atoms with E-state index in [1.807, 2.05) is 0 Å². The van der Waals surface area contributed by atoms with E-state index in [4.69, 9.17) is 23.2 Å². The molecule has 0 bridgehead atoms. The Bertz CT molecular complexity index is 565. The Kier molecular flexibility index (Phi) is 3.80. The van der Waals surface area contributed by atoms with Crippen molar-refractivity contribution in [3.8, 4) is 0 Å². The maximum atomic E-state index is 12.0. The van der Waals surface area contributed by atoms with E-state index < -0.39 is 11.6 Å². The molecule has 0 fully saturated rings. The highest BCUT2D eigenvalue weighted by molar-refractivity contribution is 6.49. The highest BCUT2D eigenvalue weighted by Crippen LogP contribution is 2.16. The third-order valence-corrected chi connectivity index (χ3v) is 2.85. The molecule has 0 aliphatic heterocycles. The molecule has 90 valence electrons. The molecule has 0 aliphatic carbocycles. The van der Waals surface area contributed by atoms with E-state index in [1.54, 1.807) is 36.4 Å². The average Bonchev–Trinajstić information content (AvgIpc) is 2.37. The fourth-order valence-corrected chi connectivity index (χ4v) is 1.90. The minimum atomic E-state index is -0.597. The van der Waals surface area contributed by atoms with Crippen molar-refractivity contribution in [2.45, 2.75) is 0 Å². The van der Waals surface area contributed by atoms with Gasteiger partial charge in [-0.15, -0.1) is 0 Å². The first-order valence-corrected chi connectivity index (χ1v) is 5.93. The minimum absolute atomic E-state index is 0.271. The molecule has 0 heterocycles. The molecule has 0 spiro atoms. The van der Waals surface area contributed by atoms with Crippen LogP contribution in [0.15, 0.2) is 48.5 Å². The van der Waals surface area contributed by atoms with Gasteiger partial charge < -0.3 is 0 Å². The monoisotopic (exact) mass is 278 g/mol. The molecule has 2 nitrogen and oxygen atoms in total. The first-order chi connectivity index (χ1) is 8.58. The lowest BCUT2D eigenvalue weighted by molar-refractivity contribution is 0.0817. The van der Waals surface area contributed by atoms with Gasteiger partial charge in [-0.25, -0.2) is 0 Å². The number of halogens is 2. The predicted octanol–water partition coefficient (Wildman–Crippen LogP) is 4.06. The fourth-order valence-electron chi connectivity index (χ4n) is 1.52. The van der Waals surface area contributed by atoms with Gasteiger partial charge in [0.25, 0.3) is 0 Å². The van der Waals surface area contributed by atoms with E-state index in [0.717, 1.165) is 0 Å². The second kappa shape index (κ2) is 5.34. The molecule has 4 heteroatoms. The van der Waals surface area contributed by atoms with Crippen molar-refractivity contribution < 1.29 is 9.59 Å². The molecule has 0 saturated carbocycles. The van der Waals surface area contributed by atoms with Crippen LogP contribution >= 0.6 is 23.2 Å². The van der Waals surface area contributed by atoms with Gasteiger partial charge in [0.15, 0.2) is 0 Å². The number of carbonyl (C=O) groups is 2. The van der Waals surface area contributed by atoms with E-state index in [-0.39, 0.29) is 11.1 Å². The summed E-state index contributed by atoms with van der Waals surface area (Å²) >= 11 is 11.6. The van der Waals surface area contributed by atoms with Crippen LogP contribution in [0.3, 0.4) is 0 Å². The zero-order valence-electron chi connectivity index (χ0n) is 9.19. The Hall–Kier alpha value is -1.64. The lowest BCUT2D eigenvalue weighted by Crippen LogP contribution is -2.14. The Morgan fingerprint density at radius 2 is 1.11 bits per heavy atom. The van der Waals surface area contributed by atoms with E-state index in [1.165, 1.54) is 12.1 Å². The summed E-state index contributed by atoms with van der Waals surface area (Å²) in [4.78, 5) is 23.9. The summed E-state index contributed by atoms with van der Waals surface area (Å²) in [7, 11) is 0. The molecule has 0 saturated heterocycles. The van der Waals surface area contributed by atoms with Crippen LogP contribution in [0.2, 0.25) is 10.0 Å². The number of rotatable bonds is 3. The Labute approximate surface area is 114 Å². The highest BCUT2D eigenvalue weighted by atomic mass is 35.5. The molecule has 2 aromatic rings. The summed E-state index contributed by atoms with van der Waals surface area (Å²) in [5.74, 6) is -1.19. The number of hydrogen-bond donors (Lipinski definition) is 0. The topological polar surface area (TPSA) is 34.1 Å². The van der Waals surface area contributed by atoms with Crippen LogP contribution in [0.1, 0.15) is 20.7 Å². The third-order valence-electron chi connectivity index (χ3n) is 2.38. The van der Waals surface area contributed by atoms with Gasteiger partial charge in [0, 0.05) is 21.2 Å². The lowest BCUT2D eigenvalue weighted by Gasteiger charge is -2.01. The summed E-state index contributed by atoms with van der Waals surface area (Å²) in [6.45, 7) is 0. The number of Topliss-reactive ketones (excluding diaryl/α,β-unsaturated/α-hetero) is 2. The second-order valence-corrected chi connectivity index (χ2v) is 4.55. The molecule has 0 amide bonds. The SMILES string of the molecule is O=C(C(=O)c1cccc(Cl)c1)c1cccc(Cl)c1. The quantitative estimate of drug-likeness (QED) is 0.627. The van der Waals surface area contributed by atoms with Crippen LogP contribution in [0, 0.1) is 0 Å². The molecule has 0 atom stereocenters. The summed E-state index contributed by atoms with van der Waals surface area (Å²) in [5.41, 5.74) is 0.542. The van der Waals surface area contributed by atoms with E-state index in [0.29, 0.717) is 10.0 Å². The van der Waals surface area contributed by atoms with E-state index >= 15 is 0 Å². The molecule has 0 aliphatic rings. The minimum Gasteiger partial charge on any atom is -0.285 e. The molecule has 2 rings (SSSR count). The number of ketones is 2. The zero-order valence-corrected chi connectivity index (χ0v) is 10.7.